The Kier molecular flexibility index (Phi) is 7.79. The zero-order chi connectivity index (χ0) is 9.23. The van der Waals surface area contributed by atoms with E-state index in [4.69, 9.17) is 5.11 Å². The minimum Gasteiger partial charge on any atom is -0.438 e. The van der Waals surface area contributed by atoms with E-state index in [-0.39, 0.29) is 6.61 Å². The molecule has 72 valence electrons. The van der Waals surface area contributed by atoms with E-state index in [1.807, 2.05) is 0 Å². The summed E-state index contributed by atoms with van der Waals surface area (Å²) in [5, 5.41) is 8.44. The summed E-state index contributed by atoms with van der Waals surface area (Å²) in [6.45, 7) is 0.635. The molecule has 0 aliphatic rings. The van der Waals surface area contributed by atoms with Gasteiger partial charge >= 0.3 is 6.16 Å². The molecule has 0 aromatic heterocycles. The number of methoxy groups -OCH3 is 1. The van der Waals surface area contributed by atoms with Gasteiger partial charge in [-0.15, -0.1) is 0 Å². The average molecular weight is 176 g/mol. The van der Waals surface area contributed by atoms with E-state index in [1.54, 1.807) is 0 Å². The van der Waals surface area contributed by atoms with E-state index < -0.39 is 6.16 Å². The van der Waals surface area contributed by atoms with Crippen LogP contribution in [0.2, 0.25) is 0 Å². The molecule has 0 heterocycles. The van der Waals surface area contributed by atoms with E-state index in [0.29, 0.717) is 6.61 Å². The number of hydrogen-bond acceptors (Lipinski definition) is 4. The van der Waals surface area contributed by atoms with Crippen molar-refractivity contribution in [2.75, 3.05) is 20.3 Å². The molecule has 0 aromatic rings. The highest BCUT2D eigenvalue weighted by molar-refractivity contribution is 5.59. The van der Waals surface area contributed by atoms with Crippen molar-refractivity contribution in [3.8, 4) is 0 Å². The molecule has 1 N–H and O–H groups in total. The predicted octanol–water partition coefficient (Wildman–Crippen LogP) is 1.32. The lowest BCUT2D eigenvalue weighted by Gasteiger charge is -2.01. The molecule has 0 bridgehead atoms. The van der Waals surface area contributed by atoms with Crippen LogP contribution in [0.5, 0.6) is 0 Å². The van der Waals surface area contributed by atoms with Crippen LogP contribution in [0.3, 0.4) is 0 Å². The van der Waals surface area contributed by atoms with Gasteiger partial charge in [0.15, 0.2) is 0 Å². The predicted molar refractivity (Wildman–Crippen MR) is 43.9 cm³/mol. The van der Waals surface area contributed by atoms with Crippen molar-refractivity contribution in [1.82, 2.24) is 0 Å². The standard InChI is InChI=1S/C8H16O4/c1-11-8(10)12-7-5-3-2-4-6-9/h9H,2-7H2,1H3. The highest BCUT2D eigenvalue weighted by Gasteiger charge is 1.98. The van der Waals surface area contributed by atoms with Crippen LogP contribution in [0.15, 0.2) is 0 Å². The summed E-state index contributed by atoms with van der Waals surface area (Å²) in [5.41, 5.74) is 0. The van der Waals surface area contributed by atoms with Crippen LogP contribution in [0.4, 0.5) is 4.79 Å². The van der Waals surface area contributed by atoms with Crippen LogP contribution in [0, 0.1) is 0 Å². The van der Waals surface area contributed by atoms with Gasteiger partial charge < -0.3 is 14.6 Å². The van der Waals surface area contributed by atoms with E-state index in [2.05, 4.69) is 9.47 Å². The van der Waals surface area contributed by atoms with Crippen LogP contribution < -0.4 is 0 Å². The maximum Gasteiger partial charge on any atom is 0.507 e. The minimum absolute atomic E-state index is 0.234. The van der Waals surface area contributed by atoms with Crippen LogP contribution in [0.1, 0.15) is 25.7 Å². The van der Waals surface area contributed by atoms with Crippen molar-refractivity contribution in [3.63, 3.8) is 0 Å². The molecule has 0 spiro atoms. The first kappa shape index (κ1) is 11.2. The average Bonchev–Trinajstić information content (AvgIpc) is 2.10. The fourth-order valence-electron chi connectivity index (χ4n) is 0.782. The van der Waals surface area contributed by atoms with Crippen LogP contribution >= 0.6 is 0 Å². The molecule has 0 saturated carbocycles. The molecule has 4 heteroatoms. The lowest BCUT2D eigenvalue weighted by Crippen LogP contribution is -2.05. The fraction of sp³-hybridized carbons (Fsp3) is 0.875. The van der Waals surface area contributed by atoms with Gasteiger partial charge in [0.2, 0.25) is 0 Å². The number of ether oxygens (including phenoxy) is 2. The molecule has 0 atom stereocenters. The molecular formula is C8H16O4. The zero-order valence-corrected chi connectivity index (χ0v) is 7.41. The second kappa shape index (κ2) is 8.33. The molecule has 0 aliphatic heterocycles. The fourth-order valence-corrected chi connectivity index (χ4v) is 0.782. The largest absolute Gasteiger partial charge is 0.507 e. The molecular weight excluding hydrogens is 160 g/mol. The summed E-state index contributed by atoms with van der Waals surface area (Å²) in [6, 6.07) is 0. The second-order valence-electron chi connectivity index (χ2n) is 2.44. The third-order valence-electron chi connectivity index (χ3n) is 1.44. The third-order valence-corrected chi connectivity index (χ3v) is 1.44. The van der Waals surface area contributed by atoms with Gasteiger partial charge in [-0.2, -0.15) is 0 Å². The van der Waals surface area contributed by atoms with Crippen molar-refractivity contribution in [3.05, 3.63) is 0 Å². The Hall–Kier alpha value is -0.770. The van der Waals surface area contributed by atoms with Crippen LogP contribution in [-0.4, -0.2) is 31.6 Å². The summed E-state index contributed by atoms with van der Waals surface area (Å²) in [6.07, 6.45) is 2.96. The van der Waals surface area contributed by atoms with Gasteiger partial charge in [0, 0.05) is 6.61 Å². The number of rotatable bonds is 6. The van der Waals surface area contributed by atoms with Crippen LogP contribution in [0.25, 0.3) is 0 Å². The number of carbonyl (C=O) groups excluding carboxylic acids is 1. The van der Waals surface area contributed by atoms with Crippen molar-refractivity contribution in [2.45, 2.75) is 25.7 Å². The SMILES string of the molecule is COC(=O)OCCCCCCO. The monoisotopic (exact) mass is 176 g/mol. The first-order chi connectivity index (χ1) is 5.81. The molecule has 0 fully saturated rings. The molecule has 0 amide bonds. The van der Waals surface area contributed by atoms with Crippen molar-refractivity contribution >= 4 is 6.16 Å². The highest BCUT2D eigenvalue weighted by Crippen LogP contribution is 1.99. The minimum atomic E-state index is -0.628. The Balaban J connectivity index is 2.95. The molecule has 0 unspecified atom stereocenters. The third kappa shape index (κ3) is 7.34. The van der Waals surface area contributed by atoms with Gasteiger partial charge in [-0.3, -0.25) is 0 Å². The Morgan fingerprint density at radius 1 is 1.25 bits per heavy atom. The lowest BCUT2D eigenvalue weighted by atomic mass is 10.2. The van der Waals surface area contributed by atoms with Crippen molar-refractivity contribution < 1.29 is 19.4 Å². The number of aliphatic hydroxyl groups is 1. The molecule has 0 aromatic carbocycles. The Labute approximate surface area is 72.5 Å². The van der Waals surface area contributed by atoms with Gasteiger partial charge in [-0.1, -0.05) is 6.42 Å². The van der Waals surface area contributed by atoms with Crippen molar-refractivity contribution in [1.29, 1.82) is 0 Å². The second-order valence-corrected chi connectivity index (χ2v) is 2.44. The Bertz CT molecular complexity index is 114. The molecule has 0 radical (unpaired) electrons. The Morgan fingerprint density at radius 2 is 1.92 bits per heavy atom. The number of unbranched alkanes of at least 4 members (excludes halogenated alkanes) is 3. The smallest absolute Gasteiger partial charge is 0.438 e. The quantitative estimate of drug-likeness (QED) is 0.490. The summed E-state index contributed by atoms with van der Waals surface area (Å²) >= 11 is 0. The van der Waals surface area contributed by atoms with Crippen molar-refractivity contribution in [2.24, 2.45) is 0 Å². The van der Waals surface area contributed by atoms with Gasteiger partial charge in [0.25, 0.3) is 0 Å². The van der Waals surface area contributed by atoms with E-state index in [0.717, 1.165) is 25.7 Å². The molecule has 0 saturated heterocycles. The summed E-state index contributed by atoms with van der Waals surface area (Å²) in [5.74, 6) is 0. The van der Waals surface area contributed by atoms with Gasteiger partial charge in [0.05, 0.1) is 13.7 Å². The highest BCUT2D eigenvalue weighted by atomic mass is 16.7. The molecule has 0 rings (SSSR count). The first-order valence-corrected chi connectivity index (χ1v) is 4.13. The number of carbonyl (C=O) groups is 1. The first-order valence-electron chi connectivity index (χ1n) is 4.13. The molecule has 0 aliphatic carbocycles. The number of aliphatic hydroxyl groups excluding tert-OH is 1. The summed E-state index contributed by atoms with van der Waals surface area (Å²) in [7, 11) is 1.29. The van der Waals surface area contributed by atoms with E-state index in [9.17, 15) is 4.79 Å². The molecule has 12 heavy (non-hydrogen) atoms. The van der Waals surface area contributed by atoms with Gasteiger partial charge in [-0.05, 0) is 19.3 Å². The molecule has 4 nitrogen and oxygen atoms in total. The van der Waals surface area contributed by atoms with E-state index in [1.165, 1.54) is 7.11 Å². The lowest BCUT2D eigenvalue weighted by molar-refractivity contribution is 0.0712. The Morgan fingerprint density at radius 3 is 2.50 bits per heavy atom. The van der Waals surface area contributed by atoms with Crippen LogP contribution in [-0.2, 0) is 9.47 Å². The normalized spacial score (nSPS) is 9.50. The summed E-state index contributed by atoms with van der Waals surface area (Å²) in [4.78, 5) is 10.4. The number of hydrogen-bond donors (Lipinski definition) is 1. The van der Waals surface area contributed by atoms with E-state index >= 15 is 0 Å². The maximum absolute atomic E-state index is 10.4. The van der Waals surface area contributed by atoms with Gasteiger partial charge in [0.1, 0.15) is 0 Å². The summed E-state index contributed by atoms with van der Waals surface area (Å²) < 4.78 is 8.92. The zero-order valence-electron chi connectivity index (χ0n) is 7.41. The topological polar surface area (TPSA) is 55.8 Å². The maximum atomic E-state index is 10.4. The van der Waals surface area contributed by atoms with Gasteiger partial charge in [-0.25, -0.2) is 4.79 Å².